The second-order valence-electron chi connectivity index (χ2n) is 9.15. The maximum Gasteiger partial charge on any atom is 0.416 e. The van der Waals surface area contributed by atoms with Crippen LogP contribution in [0.25, 0.3) is 10.9 Å². The number of amides is 1. The lowest BCUT2D eigenvalue weighted by Crippen LogP contribution is -2.27. The summed E-state index contributed by atoms with van der Waals surface area (Å²) in [6, 6.07) is 17.0. The first kappa shape index (κ1) is 26.2. The van der Waals surface area contributed by atoms with E-state index < -0.39 is 17.6 Å². The standard InChI is InChI=1S/C29H26F3N5O2/c30-29(31,32)24-9-3-1-7-22(24)17-37(13-11-21-16-34-25-10-4-2-8-23(21)25)18-27-36-26(19-39-27)28(38)35-15-20-6-5-12-33-14-20/h1-10,12,14,16,19,34H,11,13,15,17-18H2,(H,35,38). The van der Waals surface area contributed by atoms with Gasteiger partial charge in [-0.15, -0.1) is 0 Å². The average molecular weight is 534 g/mol. The van der Waals surface area contributed by atoms with Crippen LogP contribution in [0.15, 0.2) is 89.9 Å². The van der Waals surface area contributed by atoms with E-state index in [1.165, 1.54) is 18.4 Å². The van der Waals surface area contributed by atoms with Gasteiger partial charge >= 0.3 is 6.18 Å². The van der Waals surface area contributed by atoms with Gasteiger partial charge in [0.15, 0.2) is 5.69 Å². The number of nitrogens with one attached hydrogen (secondary N) is 2. The maximum atomic E-state index is 13.7. The van der Waals surface area contributed by atoms with Crippen LogP contribution in [0.2, 0.25) is 0 Å². The number of alkyl halides is 3. The van der Waals surface area contributed by atoms with Crippen molar-refractivity contribution in [2.45, 2.75) is 32.2 Å². The quantitative estimate of drug-likeness (QED) is 0.239. The molecule has 2 N–H and O–H groups in total. The van der Waals surface area contributed by atoms with Crippen LogP contribution in [0.1, 0.15) is 38.6 Å². The van der Waals surface area contributed by atoms with Gasteiger partial charge in [0.05, 0.1) is 12.1 Å². The first-order valence-electron chi connectivity index (χ1n) is 12.4. The summed E-state index contributed by atoms with van der Waals surface area (Å²) in [6.07, 6.45) is 2.60. The summed E-state index contributed by atoms with van der Waals surface area (Å²) in [5, 5.41) is 3.83. The van der Waals surface area contributed by atoms with Crippen LogP contribution in [0.5, 0.6) is 0 Å². The molecular formula is C29H26F3N5O2. The molecule has 3 aromatic heterocycles. The van der Waals surface area contributed by atoms with Crippen LogP contribution < -0.4 is 5.32 Å². The molecule has 0 aliphatic heterocycles. The van der Waals surface area contributed by atoms with Crippen molar-refractivity contribution in [2.75, 3.05) is 6.54 Å². The van der Waals surface area contributed by atoms with Crippen LogP contribution in [0.3, 0.4) is 0 Å². The highest BCUT2D eigenvalue weighted by Crippen LogP contribution is 2.32. The molecule has 0 saturated heterocycles. The fourth-order valence-corrected chi connectivity index (χ4v) is 4.46. The number of rotatable bonds is 10. The third kappa shape index (κ3) is 6.53. The Morgan fingerprint density at radius 3 is 2.64 bits per heavy atom. The van der Waals surface area contributed by atoms with Crippen LogP contribution in [0, 0.1) is 0 Å². The van der Waals surface area contributed by atoms with Gasteiger partial charge in [-0.3, -0.25) is 14.7 Å². The number of carbonyl (C=O) groups excluding carboxylic acids is 1. The second kappa shape index (κ2) is 11.5. The normalized spacial score (nSPS) is 11.8. The van der Waals surface area contributed by atoms with Crippen molar-refractivity contribution in [1.82, 2.24) is 25.2 Å². The number of para-hydroxylation sites is 1. The lowest BCUT2D eigenvalue weighted by Gasteiger charge is -2.23. The summed E-state index contributed by atoms with van der Waals surface area (Å²) in [5.41, 5.74) is 2.47. The van der Waals surface area contributed by atoms with Gasteiger partial charge in [-0.05, 0) is 41.3 Å². The van der Waals surface area contributed by atoms with E-state index in [1.807, 2.05) is 41.4 Å². The molecule has 0 saturated carbocycles. The van der Waals surface area contributed by atoms with Gasteiger partial charge in [-0.25, -0.2) is 4.98 Å². The summed E-state index contributed by atoms with van der Waals surface area (Å²) >= 11 is 0. The van der Waals surface area contributed by atoms with Crippen LogP contribution >= 0.6 is 0 Å². The predicted molar refractivity (Wildman–Crippen MR) is 139 cm³/mol. The third-order valence-electron chi connectivity index (χ3n) is 6.41. The molecule has 0 radical (unpaired) electrons. The minimum atomic E-state index is -4.47. The van der Waals surface area contributed by atoms with Gasteiger partial charge in [0.1, 0.15) is 6.26 Å². The minimum Gasteiger partial charge on any atom is -0.447 e. The molecule has 1 amide bonds. The molecule has 0 spiro atoms. The Morgan fingerprint density at radius 1 is 1.00 bits per heavy atom. The molecule has 5 rings (SSSR count). The number of hydrogen-bond acceptors (Lipinski definition) is 5. The molecule has 200 valence electrons. The number of nitrogens with zero attached hydrogens (tertiary/aromatic N) is 3. The van der Waals surface area contributed by atoms with Gasteiger partial charge in [-0.2, -0.15) is 13.2 Å². The SMILES string of the molecule is O=C(NCc1cccnc1)c1coc(CN(CCc2c[nH]c3ccccc23)Cc2ccccc2C(F)(F)F)n1. The number of carbonyl (C=O) groups is 1. The molecule has 0 bridgehead atoms. The number of aromatic nitrogens is 3. The van der Waals surface area contributed by atoms with Crippen molar-refractivity contribution in [3.05, 3.63) is 119 Å². The predicted octanol–water partition coefficient (Wildman–Crippen LogP) is 5.74. The highest BCUT2D eigenvalue weighted by atomic mass is 19.4. The highest BCUT2D eigenvalue weighted by molar-refractivity contribution is 5.91. The Labute approximate surface area is 222 Å². The van der Waals surface area contributed by atoms with E-state index >= 15 is 0 Å². The third-order valence-corrected chi connectivity index (χ3v) is 6.41. The average Bonchev–Trinajstić information content (AvgIpc) is 3.58. The molecular weight excluding hydrogens is 507 g/mol. The van der Waals surface area contributed by atoms with Gasteiger partial charge in [0.2, 0.25) is 5.89 Å². The Balaban J connectivity index is 1.32. The monoisotopic (exact) mass is 533 g/mol. The topological polar surface area (TPSA) is 87.0 Å². The number of halogens is 3. The Morgan fingerprint density at radius 2 is 1.82 bits per heavy atom. The number of hydrogen-bond donors (Lipinski definition) is 2. The molecule has 0 aliphatic rings. The lowest BCUT2D eigenvalue weighted by molar-refractivity contribution is -0.138. The van der Waals surface area contributed by atoms with Crippen molar-refractivity contribution in [3.8, 4) is 0 Å². The highest BCUT2D eigenvalue weighted by Gasteiger charge is 2.33. The van der Waals surface area contributed by atoms with Crippen molar-refractivity contribution >= 4 is 16.8 Å². The summed E-state index contributed by atoms with van der Waals surface area (Å²) in [6.45, 7) is 0.881. The zero-order valence-corrected chi connectivity index (χ0v) is 20.9. The van der Waals surface area contributed by atoms with Crippen LogP contribution in [0.4, 0.5) is 13.2 Å². The minimum absolute atomic E-state index is 0.0307. The summed E-state index contributed by atoms with van der Waals surface area (Å²) < 4.78 is 46.6. The molecule has 7 nitrogen and oxygen atoms in total. The first-order valence-corrected chi connectivity index (χ1v) is 12.4. The van der Waals surface area contributed by atoms with E-state index in [2.05, 4.69) is 20.3 Å². The number of aromatic amines is 1. The van der Waals surface area contributed by atoms with Gasteiger partial charge < -0.3 is 14.7 Å². The van der Waals surface area contributed by atoms with E-state index in [0.29, 0.717) is 13.0 Å². The number of benzene rings is 2. The van der Waals surface area contributed by atoms with E-state index in [1.54, 1.807) is 24.5 Å². The summed E-state index contributed by atoms with van der Waals surface area (Å²) in [5.74, 6) is -0.174. The molecule has 39 heavy (non-hydrogen) atoms. The van der Waals surface area contributed by atoms with E-state index in [4.69, 9.17) is 4.42 Å². The molecule has 0 atom stereocenters. The molecule has 3 heterocycles. The number of H-pyrrole nitrogens is 1. The maximum absolute atomic E-state index is 13.7. The largest absolute Gasteiger partial charge is 0.447 e. The van der Waals surface area contributed by atoms with E-state index in [-0.39, 0.29) is 36.8 Å². The van der Waals surface area contributed by atoms with Crippen molar-refractivity contribution in [1.29, 1.82) is 0 Å². The molecule has 5 aromatic rings. The number of fused-ring (bicyclic) bond motifs is 1. The number of pyridine rings is 1. The van der Waals surface area contributed by atoms with Crippen molar-refractivity contribution in [2.24, 2.45) is 0 Å². The van der Waals surface area contributed by atoms with Gasteiger partial charge in [0.25, 0.3) is 5.91 Å². The van der Waals surface area contributed by atoms with Gasteiger partial charge in [0, 0.05) is 49.1 Å². The molecule has 0 aliphatic carbocycles. The summed E-state index contributed by atoms with van der Waals surface area (Å²) in [4.78, 5) is 26.0. The smallest absolute Gasteiger partial charge is 0.416 e. The fourth-order valence-electron chi connectivity index (χ4n) is 4.46. The number of oxazole rings is 1. The van der Waals surface area contributed by atoms with Crippen molar-refractivity contribution < 1.29 is 22.4 Å². The summed E-state index contributed by atoms with van der Waals surface area (Å²) in [7, 11) is 0. The molecule has 2 aromatic carbocycles. The van der Waals surface area contributed by atoms with E-state index in [0.717, 1.165) is 28.1 Å². The Kier molecular flexibility index (Phi) is 7.74. The zero-order chi connectivity index (χ0) is 27.2. The first-order chi connectivity index (χ1) is 18.9. The fraction of sp³-hybridized carbons (Fsp3) is 0.207. The Hall–Kier alpha value is -4.44. The van der Waals surface area contributed by atoms with E-state index in [9.17, 15) is 18.0 Å². The van der Waals surface area contributed by atoms with Crippen molar-refractivity contribution in [3.63, 3.8) is 0 Å². The lowest BCUT2D eigenvalue weighted by atomic mass is 10.1. The van der Waals surface area contributed by atoms with Crippen LogP contribution in [-0.4, -0.2) is 32.3 Å². The second-order valence-corrected chi connectivity index (χ2v) is 9.15. The van der Waals surface area contributed by atoms with Crippen LogP contribution in [-0.2, 0) is 32.2 Å². The van der Waals surface area contributed by atoms with Gasteiger partial charge in [-0.1, -0.05) is 42.5 Å². The molecule has 0 unspecified atom stereocenters. The molecule has 0 fully saturated rings. The Bertz CT molecular complexity index is 1550. The zero-order valence-electron chi connectivity index (χ0n) is 20.9. The molecule has 10 heteroatoms.